The van der Waals surface area contributed by atoms with E-state index in [1.807, 2.05) is 19.9 Å². The van der Waals surface area contributed by atoms with Crippen molar-refractivity contribution in [3.05, 3.63) is 59.4 Å². The molecule has 0 spiro atoms. The summed E-state index contributed by atoms with van der Waals surface area (Å²) >= 11 is 0. The van der Waals surface area contributed by atoms with Gasteiger partial charge in [-0.15, -0.1) is 0 Å². The zero-order valence-corrected chi connectivity index (χ0v) is 17.2. The Labute approximate surface area is 171 Å². The van der Waals surface area contributed by atoms with E-state index in [0.717, 1.165) is 31.6 Å². The van der Waals surface area contributed by atoms with Gasteiger partial charge in [0.25, 0.3) is 11.8 Å². The summed E-state index contributed by atoms with van der Waals surface area (Å²) < 4.78 is 13.4. The SMILES string of the molecule is CC1CCN(c2ccc(NC(=O)c3cccc(F)c3)cc2C(=O)NC(C)C)CC1. The van der Waals surface area contributed by atoms with Gasteiger partial charge in [-0.2, -0.15) is 0 Å². The van der Waals surface area contributed by atoms with Gasteiger partial charge in [-0.3, -0.25) is 9.59 Å². The van der Waals surface area contributed by atoms with Crippen molar-refractivity contribution in [1.29, 1.82) is 0 Å². The number of nitrogens with one attached hydrogen (secondary N) is 2. The lowest BCUT2D eigenvalue weighted by Gasteiger charge is -2.33. The summed E-state index contributed by atoms with van der Waals surface area (Å²) in [6, 6.07) is 10.9. The first-order valence-electron chi connectivity index (χ1n) is 10.1. The summed E-state index contributed by atoms with van der Waals surface area (Å²) in [7, 11) is 0. The summed E-state index contributed by atoms with van der Waals surface area (Å²) in [6.45, 7) is 7.87. The Morgan fingerprint density at radius 3 is 2.45 bits per heavy atom. The Morgan fingerprint density at radius 1 is 1.07 bits per heavy atom. The molecule has 1 aliphatic heterocycles. The molecular weight excluding hydrogens is 369 g/mol. The molecule has 0 atom stereocenters. The van der Waals surface area contributed by atoms with Gasteiger partial charge in [0.1, 0.15) is 5.82 Å². The molecular formula is C23H28FN3O2. The molecule has 5 nitrogen and oxygen atoms in total. The zero-order chi connectivity index (χ0) is 21.0. The first-order chi connectivity index (χ1) is 13.8. The zero-order valence-electron chi connectivity index (χ0n) is 17.2. The molecule has 0 aliphatic carbocycles. The predicted molar refractivity (Wildman–Crippen MR) is 114 cm³/mol. The van der Waals surface area contributed by atoms with E-state index in [4.69, 9.17) is 0 Å². The third kappa shape index (κ3) is 5.34. The quantitative estimate of drug-likeness (QED) is 0.783. The van der Waals surface area contributed by atoms with Crippen LogP contribution in [0.25, 0.3) is 0 Å². The van der Waals surface area contributed by atoms with Crippen molar-refractivity contribution in [3.8, 4) is 0 Å². The lowest BCUT2D eigenvalue weighted by molar-refractivity contribution is 0.0942. The lowest BCUT2D eigenvalue weighted by Crippen LogP contribution is -2.36. The third-order valence-corrected chi connectivity index (χ3v) is 5.13. The van der Waals surface area contributed by atoms with Gasteiger partial charge >= 0.3 is 0 Å². The minimum Gasteiger partial charge on any atom is -0.371 e. The van der Waals surface area contributed by atoms with E-state index >= 15 is 0 Å². The van der Waals surface area contributed by atoms with Crippen LogP contribution in [0.5, 0.6) is 0 Å². The Kier molecular flexibility index (Phi) is 6.52. The van der Waals surface area contributed by atoms with Gasteiger partial charge in [0.2, 0.25) is 0 Å². The second-order valence-electron chi connectivity index (χ2n) is 7.99. The van der Waals surface area contributed by atoms with Crippen LogP contribution < -0.4 is 15.5 Å². The van der Waals surface area contributed by atoms with Crippen LogP contribution in [0, 0.1) is 11.7 Å². The summed E-state index contributed by atoms with van der Waals surface area (Å²) in [5.74, 6) is -0.372. The average molecular weight is 397 g/mol. The fraction of sp³-hybridized carbons (Fsp3) is 0.391. The standard InChI is InChI=1S/C23H28FN3O2/c1-15(2)25-23(29)20-14-19(26-22(28)17-5-4-6-18(24)13-17)7-8-21(20)27-11-9-16(3)10-12-27/h4-8,13-16H,9-12H2,1-3H3,(H,25,29)(H,26,28). The van der Waals surface area contributed by atoms with Crippen LogP contribution in [0.4, 0.5) is 15.8 Å². The number of hydrogen-bond donors (Lipinski definition) is 2. The number of amides is 2. The molecule has 0 bridgehead atoms. The number of halogens is 1. The van der Waals surface area contributed by atoms with Crippen LogP contribution in [0.1, 0.15) is 54.3 Å². The Morgan fingerprint density at radius 2 is 1.79 bits per heavy atom. The number of piperidine rings is 1. The van der Waals surface area contributed by atoms with Gasteiger partial charge in [-0.1, -0.05) is 13.0 Å². The number of anilines is 2. The summed E-state index contributed by atoms with van der Waals surface area (Å²) in [6.07, 6.45) is 2.17. The summed E-state index contributed by atoms with van der Waals surface area (Å²) in [4.78, 5) is 27.5. The minimum atomic E-state index is -0.468. The van der Waals surface area contributed by atoms with Gasteiger partial charge in [-0.25, -0.2) is 4.39 Å². The molecule has 1 fully saturated rings. The van der Waals surface area contributed by atoms with E-state index in [-0.39, 0.29) is 17.5 Å². The first-order valence-corrected chi connectivity index (χ1v) is 10.1. The van der Waals surface area contributed by atoms with Crippen LogP contribution in [-0.4, -0.2) is 30.9 Å². The van der Waals surface area contributed by atoms with E-state index in [1.165, 1.54) is 18.2 Å². The van der Waals surface area contributed by atoms with Gasteiger partial charge < -0.3 is 15.5 Å². The fourth-order valence-corrected chi connectivity index (χ4v) is 3.49. The molecule has 0 radical (unpaired) electrons. The smallest absolute Gasteiger partial charge is 0.255 e. The highest BCUT2D eigenvalue weighted by Crippen LogP contribution is 2.29. The van der Waals surface area contributed by atoms with Crippen molar-refractivity contribution in [2.75, 3.05) is 23.3 Å². The molecule has 154 valence electrons. The molecule has 1 saturated heterocycles. The molecule has 1 heterocycles. The van der Waals surface area contributed by atoms with E-state index in [1.54, 1.807) is 18.2 Å². The average Bonchev–Trinajstić information content (AvgIpc) is 2.68. The maximum Gasteiger partial charge on any atom is 0.255 e. The van der Waals surface area contributed by atoms with E-state index in [9.17, 15) is 14.0 Å². The number of carbonyl (C=O) groups excluding carboxylic acids is 2. The van der Waals surface area contributed by atoms with Crippen LogP contribution in [0.2, 0.25) is 0 Å². The summed E-state index contributed by atoms with van der Waals surface area (Å²) in [5.41, 5.74) is 2.14. The Hall–Kier alpha value is -2.89. The number of nitrogens with zero attached hydrogens (tertiary/aromatic N) is 1. The molecule has 6 heteroatoms. The van der Waals surface area contributed by atoms with E-state index in [0.29, 0.717) is 17.2 Å². The highest BCUT2D eigenvalue weighted by atomic mass is 19.1. The van der Waals surface area contributed by atoms with Crippen molar-refractivity contribution in [1.82, 2.24) is 5.32 Å². The molecule has 2 amide bonds. The van der Waals surface area contributed by atoms with Gasteiger partial charge in [-0.05, 0) is 69.0 Å². The topological polar surface area (TPSA) is 61.4 Å². The fourth-order valence-electron chi connectivity index (χ4n) is 3.49. The van der Waals surface area contributed by atoms with Crippen LogP contribution in [0.3, 0.4) is 0 Å². The summed E-state index contributed by atoms with van der Waals surface area (Å²) in [5, 5.41) is 5.71. The molecule has 29 heavy (non-hydrogen) atoms. The van der Waals surface area contributed by atoms with Gasteiger partial charge in [0.05, 0.1) is 5.56 Å². The third-order valence-electron chi connectivity index (χ3n) is 5.13. The molecule has 0 aromatic heterocycles. The van der Waals surface area contributed by atoms with Crippen molar-refractivity contribution in [3.63, 3.8) is 0 Å². The second kappa shape index (κ2) is 9.07. The highest BCUT2D eigenvalue weighted by molar-refractivity contribution is 6.06. The molecule has 2 aromatic carbocycles. The molecule has 2 aromatic rings. The van der Waals surface area contributed by atoms with Crippen LogP contribution in [-0.2, 0) is 0 Å². The monoisotopic (exact) mass is 397 g/mol. The molecule has 1 aliphatic rings. The van der Waals surface area contributed by atoms with Gasteiger partial charge in [0, 0.05) is 36.1 Å². The maximum absolute atomic E-state index is 13.4. The highest BCUT2D eigenvalue weighted by Gasteiger charge is 2.22. The van der Waals surface area contributed by atoms with Crippen molar-refractivity contribution < 1.29 is 14.0 Å². The minimum absolute atomic E-state index is 0.00210. The number of benzene rings is 2. The molecule has 2 N–H and O–H groups in total. The first kappa shape index (κ1) is 20.8. The normalized spacial score (nSPS) is 14.7. The van der Waals surface area contributed by atoms with E-state index in [2.05, 4.69) is 22.5 Å². The largest absolute Gasteiger partial charge is 0.371 e. The maximum atomic E-state index is 13.4. The molecule has 0 saturated carbocycles. The van der Waals surface area contributed by atoms with Crippen LogP contribution in [0.15, 0.2) is 42.5 Å². The Balaban J connectivity index is 1.87. The van der Waals surface area contributed by atoms with Crippen LogP contribution >= 0.6 is 0 Å². The van der Waals surface area contributed by atoms with Crippen molar-refractivity contribution in [2.45, 2.75) is 39.7 Å². The van der Waals surface area contributed by atoms with Gasteiger partial charge in [0.15, 0.2) is 0 Å². The predicted octanol–water partition coefficient (Wildman–Crippen LogP) is 4.45. The van der Waals surface area contributed by atoms with E-state index < -0.39 is 11.7 Å². The lowest BCUT2D eigenvalue weighted by atomic mass is 9.97. The van der Waals surface area contributed by atoms with Crippen molar-refractivity contribution >= 4 is 23.2 Å². The second-order valence-corrected chi connectivity index (χ2v) is 7.99. The Bertz CT molecular complexity index is 889. The number of rotatable bonds is 5. The number of carbonyl (C=O) groups is 2. The molecule has 0 unspecified atom stereocenters. The van der Waals surface area contributed by atoms with Crippen molar-refractivity contribution in [2.24, 2.45) is 5.92 Å². The molecule has 3 rings (SSSR count). The number of hydrogen-bond acceptors (Lipinski definition) is 3.